The summed E-state index contributed by atoms with van der Waals surface area (Å²) in [5.74, 6) is 0.946. The molecule has 3 heterocycles. The number of nitrogens with one attached hydrogen (secondary N) is 1. The molecule has 0 unspecified atom stereocenters. The van der Waals surface area contributed by atoms with Gasteiger partial charge in [0.2, 0.25) is 5.91 Å². The first-order chi connectivity index (χ1) is 15.3. The molecule has 32 heavy (non-hydrogen) atoms. The first-order valence-electron chi connectivity index (χ1n) is 10.2. The van der Waals surface area contributed by atoms with E-state index in [-0.39, 0.29) is 5.82 Å². The average molecular weight is 448 g/mol. The van der Waals surface area contributed by atoms with Crippen LogP contribution < -0.4 is 19.7 Å². The number of alkyl halides is 3. The van der Waals surface area contributed by atoms with E-state index in [0.29, 0.717) is 62.1 Å². The zero-order valence-corrected chi connectivity index (χ0v) is 17.5. The summed E-state index contributed by atoms with van der Waals surface area (Å²) in [6.07, 6.45) is -1.78. The molecule has 10 heteroatoms. The van der Waals surface area contributed by atoms with Crippen molar-refractivity contribution in [2.24, 2.45) is 0 Å². The molecule has 170 valence electrons. The molecule has 1 N–H and O–H groups in total. The molecule has 2 aromatic rings. The fourth-order valence-corrected chi connectivity index (χ4v) is 3.49. The Morgan fingerprint density at radius 1 is 1.06 bits per heavy atom. The van der Waals surface area contributed by atoms with Crippen molar-refractivity contribution in [1.82, 2.24) is 9.88 Å². The first-order valence-corrected chi connectivity index (χ1v) is 10.2. The van der Waals surface area contributed by atoms with Crippen molar-refractivity contribution in [3.05, 3.63) is 47.7 Å². The standard InChI is InChI=1S/C22H23F3N4O3/c1-28-8-10-29(11-9-28)21-15(2-6-19(27-21)22(23,24)25)3-7-20(30)26-16-4-5-17-18(14-16)32-13-12-31-17/h2-7,14H,8-13H2,1H3,(H,26,30). The second kappa shape index (κ2) is 9.07. The van der Waals surface area contributed by atoms with Gasteiger partial charge in [0.15, 0.2) is 11.5 Å². The quantitative estimate of drug-likeness (QED) is 0.725. The molecule has 0 atom stereocenters. The maximum Gasteiger partial charge on any atom is 0.433 e. The van der Waals surface area contributed by atoms with E-state index in [1.807, 2.05) is 11.9 Å². The van der Waals surface area contributed by atoms with Gasteiger partial charge in [-0.3, -0.25) is 4.79 Å². The number of piperazine rings is 1. The Morgan fingerprint density at radius 2 is 1.78 bits per heavy atom. The first kappa shape index (κ1) is 21.9. The van der Waals surface area contributed by atoms with Crippen LogP contribution in [0.2, 0.25) is 0 Å². The lowest BCUT2D eigenvalue weighted by Crippen LogP contribution is -2.45. The monoisotopic (exact) mass is 448 g/mol. The van der Waals surface area contributed by atoms with Gasteiger partial charge in [0.05, 0.1) is 0 Å². The molecule has 2 aliphatic rings. The number of fused-ring (bicyclic) bond motifs is 1. The van der Waals surface area contributed by atoms with Gasteiger partial charge in [-0.15, -0.1) is 0 Å². The number of pyridine rings is 1. The third-order valence-electron chi connectivity index (χ3n) is 5.22. The van der Waals surface area contributed by atoms with E-state index in [1.165, 1.54) is 18.2 Å². The van der Waals surface area contributed by atoms with Crippen molar-refractivity contribution in [3.8, 4) is 11.5 Å². The van der Waals surface area contributed by atoms with Gasteiger partial charge in [-0.25, -0.2) is 4.98 Å². The van der Waals surface area contributed by atoms with E-state index in [2.05, 4.69) is 15.2 Å². The lowest BCUT2D eigenvalue weighted by atomic mass is 10.1. The minimum atomic E-state index is -4.54. The van der Waals surface area contributed by atoms with Crippen molar-refractivity contribution in [3.63, 3.8) is 0 Å². The summed E-state index contributed by atoms with van der Waals surface area (Å²) in [6.45, 7) is 3.43. The average Bonchev–Trinajstić information content (AvgIpc) is 2.77. The van der Waals surface area contributed by atoms with Crippen molar-refractivity contribution < 1.29 is 27.4 Å². The molecule has 2 aliphatic heterocycles. The van der Waals surface area contributed by atoms with Crippen LogP contribution in [0.5, 0.6) is 11.5 Å². The van der Waals surface area contributed by atoms with Crippen LogP contribution in [-0.4, -0.2) is 62.2 Å². The summed E-state index contributed by atoms with van der Waals surface area (Å²) in [5, 5.41) is 2.72. The predicted molar refractivity (Wildman–Crippen MR) is 114 cm³/mol. The summed E-state index contributed by atoms with van der Waals surface area (Å²) in [7, 11) is 1.96. The third-order valence-corrected chi connectivity index (χ3v) is 5.22. The molecule has 7 nitrogen and oxygen atoms in total. The highest BCUT2D eigenvalue weighted by Gasteiger charge is 2.33. The number of aromatic nitrogens is 1. The summed E-state index contributed by atoms with van der Waals surface area (Å²) < 4.78 is 50.6. The van der Waals surface area contributed by atoms with E-state index >= 15 is 0 Å². The van der Waals surface area contributed by atoms with Crippen LogP contribution in [0.3, 0.4) is 0 Å². The SMILES string of the molecule is CN1CCN(c2nc(C(F)(F)F)ccc2C=CC(=O)Nc2ccc3c(c2)OCCO3)CC1. The molecule has 4 rings (SSSR count). The Morgan fingerprint density at radius 3 is 2.50 bits per heavy atom. The molecule has 1 amide bonds. The molecule has 1 fully saturated rings. The maximum atomic E-state index is 13.2. The Labute approximate surface area is 183 Å². The topological polar surface area (TPSA) is 66.9 Å². The van der Waals surface area contributed by atoms with Crippen LogP contribution in [0, 0.1) is 0 Å². The van der Waals surface area contributed by atoms with E-state index < -0.39 is 17.8 Å². The molecule has 0 radical (unpaired) electrons. The van der Waals surface area contributed by atoms with Gasteiger partial charge < -0.3 is 24.6 Å². The van der Waals surface area contributed by atoms with Crippen molar-refractivity contribution >= 4 is 23.5 Å². The minimum absolute atomic E-state index is 0.219. The van der Waals surface area contributed by atoms with Crippen LogP contribution >= 0.6 is 0 Å². The number of ether oxygens (including phenoxy) is 2. The molecule has 0 saturated carbocycles. The highest BCUT2D eigenvalue weighted by Crippen LogP contribution is 2.33. The molecule has 0 spiro atoms. The van der Waals surface area contributed by atoms with Gasteiger partial charge in [0.1, 0.15) is 24.7 Å². The van der Waals surface area contributed by atoms with Gasteiger partial charge in [0, 0.05) is 49.6 Å². The van der Waals surface area contributed by atoms with Crippen LogP contribution in [0.4, 0.5) is 24.7 Å². The highest BCUT2D eigenvalue weighted by atomic mass is 19.4. The minimum Gasteiger partial charge on any atom is -0.486 e. The number of rotatable bonds is 4. The summed E-state index contributed by atoms with van der Waals surface area (Å²) in [4.78, 5) is 20.2. The second-order valence-corrected chi connectivity index (χ2v) is 7.58. The largest absolute Gasteiger partial charge is 0.486 e. The van der Waals surface area contributed by atoms with Gasteiger partial charge in [-0.05, 0) is 37.4 Å². The number of benzene rings is 1. The van der Waals surface area contributed by atoms with Crippen molar-refractivity contribution in [2.75, 3.05) is 56.7 Å². The second-order valence-electron chi connectivity index (χ2n) is 7.58. The Balaban J connectivity index is 1.52. The van der Waals surface area contributed by atoms with Crippen LogP contribution in [-0.2, 0) is 11.0 Å². The lowest BCUT2D eigenvalue weighted by molar-refractivity contribution is -0.141. The molecule has 0 aliphatic carbocycles. The van der Waals surface area contributed by atoms with Crippen molar-refractivity contribution in [2.45, 2.75) is 6.18 Å². The molecular formula is C22H23F3N4O3. The fraction of sp³-hybridized carbons (Fsp3) is 0.364. The normalized spacial score (nSPS) is 16.9. The Bertz CT molecular complexity index is 1020. The van der Waals surface area contributed by atoms with Gasteiger partial charge >= 0.3 is 6.18 Å². The number of halogens is 3. The van der Waals surface area contributed by atoms with Crippen LogP contribution in [0.15, 0.2) is 36.4 Å². The Hall–Kier alpha value is -3.27. The third kappa shape index (κ3) is 5.13. The number of anilines is 2. The predicted octanol–water partition coefficient (Wildman–Crippen LogP) is 3.28. The number of hydrogen-bond acceptors (Lipinski definition) is 6. The van der Waals surface area contributed by atoms with Gasteiger partial charge in [0.25, 0.3) is 0 Å². The smallest absolute Gasteiger partial charge is 0.433 e. The Kier molecular flexibility index (Phi) is 6.22. The maximum absolute atomic E-state index is 13.2. The number of nitrogens with zero attached hydrogens (tertiary/aromatic N) is 3. The summed E-state index contributed by atoms with van der Waals surface area (Å²) in [6, 6.07) is 7.33. The molecule has 1 aromatic carbocycles. The fourth-order valence-electron chi connectivity index (χ4n) is 3.49. The molecule has 0 bridgehead atoms. The van der Waals surface area contributed by atoms with E-state index in [0.717, 1.165) is 6.07 Å². The highest BCUT2D eigenvalue weighted by molar-refractivity contribution is 6.02. The number of carbonyl (C=O) groups excluding carboxylic acids is 1. The zero-order chi connectivity index (χ0) is 22.7. The zero-order valence-electron chi connectivity index (χ0n) is 17.5. The lowest BCUT2D eigenvalue weighted by Gasteiger charge is -2.34. The summed E-state index contributed by atoms with van der Waals surface area (Å²) in [5.41, 5.74) is 0.0120. The van der Waals surface area contributed by atoms with E-state index in [1.54, 1.807) is 18.2 Å². The molecular weight excluding hydrogens is 425 g/mol. The van der Waals surface area contributed by atoms with Crippen molar-refractivity contribution in [1.29, 1.82) is 0 Å². The number of carbonyl (C=O) groups is 1. The number of amides is 1. The van der Waals surface area contributed by atoms with Gasteiger partial charge in [-0.1, -0.05) is 0 Å². The number of likely N-dealkylation sites (N-methyl/N-ethyl adjacent to an activating group) is 1. The number of hydrogen-bond donors (Lipinski definition) is 1. The molecule has 1 saturated heterocycles. The van der Waals surface area contributed by atoms with Gasteiger partial charge in [-0.2, -0.15) is 13.2 Å². The van der Waals surface area contributed by atoms with Crippen LogP contribution in [0.25, 0.3) is 6.08 Å². The van der Waals surface area contributed by atoms with E-state index in [9.17, 15) is 18.0 Å². The van der Waals surface area contributed by atoms with E-state index in [4.69, 9.17) is 9.47 Å². The van der Waals surface area contributed by atoms with Crippen LogP contribution in [0.1, 0.15) is 11.3 Å². The molecule has 1 aromatic heterocycles. The summed E-state index contributed by atoms with van der Waals surface area (Å²) >= 11 is 0.